The summed E-state index contributed by atoms with van der Waals surface area (Å²) in [6.45, 7) is 11.2. The molecule has 35 heavy (non-hydrogen) atoms. The van der Waals surface area contributed by atoms with Crippen LogP contribution in [0.25, 0.3) is 0 Å². The van der Waals surface area contributed by atoms with Gasteiger partial charge in [-0.05, 0) is 65.3 Å². The molecule has 0 radical (unpaired) electrons. The molecule has 0 aromatic heterocycles. The van der Waals surface area contributed by atoms with Crippen LogP contribution in [0.2, 0.25) is 0 Å². The van der Waals surface area contributed by atoms with Crippen LogP contribution in [0.4, 0.5) is 0 Å². The number of aliphatic hydroxyl groups is 2. The molecule has 202 valence electrons. The van der Waals surface area contributed by atoms with Gasteiger partial charge in [-0.25, -0.2) is 0 Å². The first-order valence-corrected chi connectivity index (χ1v) is 13.1. The van der Waals surface area contributed by atoms with Gasteiger partial charge in [0, 0.05) is 12.5 Å². The first-order valence-electron chi connectivity index (χ1n) is 13.1. The molecule has 0 aromatic carbocycles. The van der Waals surface area contributed by atoms with Gasteiger partial charge in [0.25, 0.3) is 0 Å². The van der Waals surface area contributed by atoms with Gasteiger partial charge in [0.2, 0.25) is 5.78 Å². The van der Waals surface area contributed by atoms with E-state index in [9.17, 15) is 19.8 Å². The maximum Gasteiger partial charge on any atom is 0.306 e. The number of carbonyl (C=O) groups is 2. The van der Waals surface area contributed by atoms with Crippen molar-refractivity contribution in [2.75, 3.05) is 7.05 Å². The first kappa shape index (κ1) is 28.5. The van der Waals surface area contributed by atoms with Crippen LogP contribution >= 0.6 is 0 Å². The van der Waals surface area contributed by atoms with Crippen LogP contribution in [-0.4, -0.2) is 83.1 Å². The van der Waals surface area contributed by atoms with Crippen molar-refractivity contribution in [3.8, 4) is 0 Å². The van der Waals surface area contributed by atoms with E-state index in [1.54, 1.807) is 14.0 Å². The lowest BCUT2D eigenvalue weighted by Crippen LogP contribution is -2.57. The number of rotatable bonds is 6. The molecule has 3 N–H and O–H groups in total. The molecular formula is C26H45NO8. The summed E-state index contributed by atoms with van der Waals surface area (Å²) >= 11 is 0. The van der Waals surface area contributed by atoms with E-state index in [0.29, 0.717) is 32.1 Å². The van der Waals surface area contributed by atoms with Crippen molar-refractivity contribution in [2.24, 2.45) is 11.8 Å². The molecule has 3 rings (SSSR count). The van der Waals surface area contributed by atoms with Gasteiger partial charge < -0.3 is 34.5 Å². The fourth-order valence-electron chi connectivity index (χ4n) is 6.16. The van der Waals surface area contributed by atoms with Crippen LogP contribution in [0.15, 0.2) is 0 Å². The molecule has 0 spiro atoms. The normalized spacial score (nSPS) is 44.9. The highest BCUT2D eigenvalue weighted by Gasteiger charge is 2.56. The highest BCUT2D eigenvalue weighted by Crippen LogP contribution is 2.44. The Balaban J connectivity index is 1.93. The van der Waals surface area contributed by atoms with Crippen LogP contribution in [-0.2, 0) is 28.5 Å². The van der Waals surface area contributed by atoms with E-state index < -0.39 is 53.7 Å². The van der Waals surface area contributed by atoms with Crippen molar-refractivity contribution in [1.82, 2.24) is 5.32 Å². The SMILES string of the molecule is CCC[C@@](C)(O)[C@@H]1OC(=O)CC[C@H](C)[C@H](O[C@@H]2OC(C)CC(NC)C2O)[C@@]2(C)CC(C)C(O2)C1=O. The molecule has 3 saturated heterocycles. The number of hydrogen-bond acceptors (Lipinski definition) is 9. The van der Waals surface area contributed by atoms with Gasteiger partial charge in [0.1, 0.15) is 17.8 Å². The third-order valence-corrected chi connectivity index (χ3v) is 7.97. The lowest BCUT2D eigenvalue weighted by atomic mass is 9.80. The van der Waals surface area contributed by atoms with Crippen molar-refractivity contribution in [3.63, 3.8) is 0 Å². The third kappa shape index (κ3) is 6.08. The number of hydrogen-bond donors (Lipinski definition) is 3. The summed E-state index contributed by atoms with van der Waals surface area (Å²) in [5, 5.41) is 25.1. The van der Waals surface area contributed by atoms with Gasteiger partial charge in [-0.1, -0.05) is 27.2 Å². The minimum atomic E-state index is -1.49. The Labute approximate surface area is 209 Å². The Morgan fingerprint density at radius 3 is 2.54 bits per heavy atom. The maximum atomic E-state index is 13.6. The van der Waals surface area contributed by atoms with Crippen LogP contribution in [0.5, 0.6) is 0 Å². The Kier molecular flexibility index (Phi) is 9.04. The quantitative estimate of drug-likeness (QED) is 0.471. The lowest BCUT2D eigenvalue weighted by molar-refractivity contribution is -0.290. The number of aliphatic hydroxyl groups excluding tert-OH is 1. The zero-order valence-electron chi connectivity index (χ0n) is 22.3. The molecule has 3 aliphatic heterocycles. The second kappa shape index (κ2) is 11.1. The van der Waals surface area contributed by atoms with Crippen molar-refractivity contribution in [3.05, 3.63) is 0 Å². The average molecular weight is 500 g/mol. The third-order valence-electron chi connectivity index (χ3n) is 7.97. The zero-order chi connectivity index (χ0) is 26.1. The number of likely N-dealkylation sites (N-methyl/N-ethyl adjacent to an activating group) is 1. The molecule has 9 heteroatoms. The second-order valence-electron chi connectivity index (χ2n) is 11.4. The summed E-state index contributed by atoms with van der Waals surface area (Å²) in [5.41, 5.74) is -2.34. The molecule has 0 amide bonds. The van der Waals surface area contributed by atoms with E-state index >= 15 is 0 Å². The summed E-state index contributed by atoms with van der Waals surface area (Å²) < 4.78 is 24.5. The number of carbonyl (C=O) groups excluding carboxylic acids is 2. The number of esters is 1. The fourth-order valence-corrected chi connectivity index (χ4v) is 6.16. The monoisotopic (exact) mass is 499 g/mol. The Hall–Kier alpha value is -1.10. The fraction of sp³-hybridized carbons (Fsp3) is 0.923. The van der Waals surface area contributed by atoms with E-state index in [0.717, 1.165) is 0 Å². The van der Waals surface area contributed by atoms with Crippen molar-refractivity contribution in [1.29, 1.82) is 0 Å². The molecule has 2 bridgehead atoms. The molecule has 11 atom stereocenters. The number of ketones is 1. The summed E-state index contributed by atoms with van der Waals surface area (Å²) in [7, 11) is 1.80. The van der Waals surface area contributed by atoms with Gasteiger partial charge in [0.05, 0.1) is 17.8 Å². The molecule has 0 aromatic rings. The standard InChI is InChI=1S/C26H45NO8/c1-8-11-25(5,31)23-20(30)21-15(3)13-26(6,35-21)22(14(2)9-10-18(28)33-23)34-24-19(29)17(27-7)12-16(4)32-24/h14-17,19,21-24,27,29,31H,8-13H2,1-7H3/t14-,15?,16?,17?,19?,21?,22-,23+,24-,25+,26+/m0/s1. The number of ether oxygens (including phenoxy) is 4. The van der Waals surface area contributed by atoms with Crippen molar-refractivity contribution >= 4 is 11.8 Å². The van der Waals surface area contributed by atoms with Gasteiger partial charge in [0.15, 0.2) is 12.4 Å². The Morgan fingerprint density at radius 1 is 1.23 bits per heavy atom. The van der Waals surface area contributed by atoms with Crippen molar-refractivity contribution < 1.29 is 38.7 Å². The summed E-state index contributed by atoms with van der Waals surface area (Å²) in [6, 6.07) is -0.177. The van der Waals surface area contributed by atoms with Gasteiger partial charge in [-0.2, -0.15) is 0 Å². The van der Waals surface area contributed by atoms with Crippen LogP contribution in [0.3, 0.4) is 0 Å². The largest absolute Gasteiger partial charge is 0.451 e. The van der Waals surface area contributed by atoms with E-state index in [4.69, 9.17) is 18.9 Å². The second-order valence-corrected chi connectivity index (χ2v) is 11.4. The van der Waals surface area contributed by atoms with Gasteiger partial charge >= 0.3 is 5.97 Å². The zero-order valence-corrected chi connectivity index (χ0v) is 22.3. The van der Waals surface area contributed by atoms with Gasteiger partial charge in [-0.3, -0.25) is 9.59 Å². The minimum absolute atomic E-state index is 0.0763. The number of nitrogens with one attached hydrogen (secondary N) is 1. The molecule has 0 saturated carbocycles. The highest BCUT2D eigenvalue weighted by molar-refractivity contribution is 5.91. The van der Waals surface area contributed by atoms with E-state index in [2.05, 4.69) is 5.32 Å². The smallest absolute Gasteiger partial charge is 0.306 e. The number of fused-ring (bicyclic) bond motifs is 2. The van der Waals surface area contributed by atoms with E-state index in [1.807, 2.05) is 34.6 Å². The number of cyclic esters (lactones) is 1. The summed E-state index contributed by atoms with van der Waals surface area (Å²) in [6.07, 6.45) is -1.87. The first-order chi connectivity index (χ1) is 16.3. The average Bonchev–Trinajstić information content (AvgIpc) is 3.09. The van der Waals surface area contributed by atoms with Crippen LogP contribution in [0, 0.1) is 11.8 Å². The molecular weight excluding hydrogens is 454 g/mol. The summed E-state index contributed by atoms with van der Waals surface area (Å²) in [4.78, 5) is 26.4. The molecule has 9 nitrogen and oxygen atoms in total. The predicted molar refractivity (Wildman–Crippen MR) is 129 cm³/mol. The topological polar surface area (TPSA) is 124 Å². The van der Waals surface area contributed by atoms with Gasteiger partial charge in [-0.15, -0.1) is 0 Å². The van der Waals surface area contributed by atoms with Crippen LogP contribution in [0.1, 0.15) is 80.1 Å². The minimum Gasteiger partial charge on any atom is -0.451 e. The molecule has 0 aliphatic carbocycles. The molecule has 3 aliphatic rings. The number of Topliss-reactive ketones (excluding diaryl/α,β-unsaturated/α-hetero) is 1. The van der Waals surface area contributed by atoms with Crippen molar-refractivity contribution in [2.45, 2.75) is 134 Å². The Morgan fingerprint density at radius 2 is 1.91 bits per heavy atom. The molecule has 5 unspecified atom stereocenters. The van der Waals surface area contributed by atoms with E-state index in [-0.39, 0.29) is 30.4 Å². The summed E-state index contributed by atoms with van der Waals surface area (Å²) in [5.74, 6) is -1.27. The predicted octanol–water partition coefficient (Wildman–Crippen LogP) is 2.10. The Bertz CT molecular complexity index is 760. The highest BCUT2D eigenvalue weighted by atomic mass is 16.7. The van der Waals surface area contributed by atoms with Crippen LogP contribution < -0.4 is 5.32 Å². The maximum absolute atomic E-state index is 13.6. The molecule has 3 fully saturated rings. The molecule has 3 heterocycles. The van der Waals surface area contributed by atoms with E-state index in [1.165, 1.54) is 0 Å². The lowest BCUT2D eigenvalue weighted by Gasteiger charge is -2.44.